The Morgan fingerprint density at radius 2 is 1.53 bits per heavy atom. The van der Waals surface area contributed by atoms with Gasteiger partial charge >= 0.3 is 5.97 Å². The van der Waals surface area contributed by atoms with Gasteiger partial charge in [0.15, 0.2) is 0 Å². The van der Waals surface area contributed by atoms with Crippen LogP contribution in [-0.4, -0.2) is 56.6 Å². The van der Waals surface area contributed by atoms with Crippen LogP contribution in [0.3, 0.4) is 0 Å². The van der Waals surface area contributed by atoms with Crippen LogP contribution in [0, 0.1) is 0 Å². The van der Waals surface area contributed by atoms with Gasteiger partial charge in [0, 0.05) is 0 Å². The van der Waals surface area contributed by atoms with Crippen molar-refractivity contribution in [3.05, 3.63) is 12.7 Å². The molecule has 0 saturated carbocycles. The molecule has 0 aromatic carbocycles. The molecule has 0 aliphatic rings. The van der Waals surface area contributed by atoms with E-state index in [1.807, 2.05) is 22.6 Å². The van der Waals surface area contributed by atoms with E-state index in [0.717, 1.165) is 0 Å². The van der Waals surface area contributed by atoms with Crippen LogP contribution in [0.15, 0.2) is 12.7 Å². The first-order chi connectivity index (χ1) is 8.31. The average molecular weight is 358 g/mol. The van der Waals surface area contributed by atoms with Gasteiger partial charge in [-0.25, -0.2) is 0 Å². The summed E-state index contributed by atoms with van der Waals surface area (Å²) in [6.45, 7) is 6.87. The SMILES string of the molecule is C=CCOCCOCCOCCOC(=O)CI. The van der Waals surface area contributed by atoms with Gasteiger partial charge in [-0.05, 0) is 0 Å². The van der Waals surface area contributed by atoms with Crippen LogP contribution >= 0.6 is 22.6 Å². The minimum Gasteiger partial charge on any atom is -0.463 e. The molecule has 0 N–H and O–H groups in total. The molecule has 0 unspecified atom stereocenters. The minimum atomic E-state index is -0.218. The molecule has 5 nitrogen and oxygen atoms in total. The lowest BCUT2D eigenvalue weighted by molar-refractivity contribution is -0.141. The first kappa shape index (κ1) is 16.8. The maximum atomic E-state index is 10.7. The van der Waals surface area contributed by atoms with Gasteiger partial charge in [0.25, 0.3) is 0 Å². The Hall–Kier alpha value is -0.180. The molecule has 0 radical (unpaired) electrons. The topological polar surface area (TPSA) is 54.0 Å². The average Bonchev–Trinajstić information content (AvgIpc) is 2.35. The monoisotopic (exact) mass is 358 g/mol. The second-order valence-electron chi connectivity index (χ2n) is 2.94. The lowest BCUT2D eigenvalue weighted by Gasteiger charge is -2.06. The van der Waals surface area contributed by atoms with E-state index in [1.54, 1.807) is 6.08 Å². The van der Waals surface area contributed by atoms with Crippen LogP contribution in [0.1, 0.15) is 0 Å². The van der Waals surface area contributed by atoms with E-state index >= 15 is 0 Å². The summed E-state index contributed by atoms with van der Waals surface area (Å²) >= 11 is 1.95. The number of alkyl halides is 1. The zero-order chi connectivity index (χ0) is 12.8. The molecule has 0 fully saturated rings. The van der Waals surface area contributed by atoms with Crippen molar-refractivity contribution in [1.29, 1.82) is 0 Å². The highest BCUT2D eigenvalue weighted by Crippen LogP contribution is 1.87. The Morgan fingerprint density at radius 1 is 1.00 bits per heavy atom. The van der Waals surface area contributed by atoms with Crippen molar-refractivity contribution in [2.75, 3.05) is 50.7 Å². The van der Waals surface area contributed by atoms with Gasteiger partial charge in [-0.2, -0.15) is 0 Å². The number of carbonyl (C=O) groups is 1. The number of ether oxygens (including phenoxy) is 4. The van der Waals surface area contributed by atoms with Crippen LogP contribution in [0.25, 0.3) is 0 Å². The van der Waals surface area contributed by atoms with Gasteiger partial charge in [-0.3, -0.25) is 4.79 Å². The van der Waals surface area contributed by atoms with E-state index in [9.17, 15) is 4.79 Å². The van der Waals surface area contributed by atoms with E-state index in [4.69, 9.17) is 18.9 Å². The Bertz CT molecular complexity index is 198. The highest BCUT2D eigenvalue weighted by molar-refractivity contribution is 14.1. The lowest BCUT2D eigenvalue weighted by atomic mass is 10.6. The molecule has 0 amide bonds. The molecule has 0 rings (SSSR count). The molecule has 0 saturated heterocycles. The first-order valence-electron chi connectivity index (χ1n) is 5.37. The van der Waals surface area contributed by atoms with Crippen LogP contribution in [-0.2, 0) is 23.7 Å². The highest BCUT2D eigenvalue weighted by atomic mass is 127. The second-order valence-corrected chi connectivity index (χ2v) is 3.71. The van der Waals surface area contributed by atoms with Crippen molar-refractivity contribution in [3.63, 3.8) is 0 Å². The minimum absolute atomic E-state index is 0.218. The van der Waals surface area contributed by atoms with Gasteiger partial charge < -0.3 is 18.9 Å². The van der Waals surface area contributed by atoms with Crippen molar-refractivity contribution >= 4 is 28.6 Å². The highest BCUT2D eigenvalue weighted by Gasteiger charge is 1.97. The zero-order valence-corrected chi connectivity index (χ0v) is 12.0. The quantitative estimate of drug-likeness (QED) is 0.173. The van der Waals surface area contributed by atoms with Crippen molar-refractivity contribution < 1.29 is 23.7 Å². The fraction of sp³-hybridized carbons (Fsp3) is 0.727. The number of esters is 1. The third-order valence-electron chi connectivity index (χ3n) is 1.58. The maximum Gasteiger partial charge on any atom is 0.315 e. The molecule has 0 atom stereocenters. The summed E-state index contributed by atoms with van der Waals surface area (Å²) in [5.74, 6) is -0.218. The van der Waals surface area contributed by atoms with Crippen LogP contribution in [0.4, 0.5) is 0 Å². The van der Waals surface area contributed by atoms with E-state index in [2.05, 4.69) is 6.58 Å². The molecule has 0 aliphatic carbocycles. The number of rotatable bonds is 12. The summed E-state index contributed by atoms with van der Waals surface area (Å²) in [5.41, 5.74) is 0. The fourth-order valence-corrected chi connectivity index (χ4v) is 1.08. The molecule has 6 heteroatoms. The third-order valence-corrected chi connectivity index (χ3v) is 2.20. The number of hydrogen-bond donors (Lipinski definition) is 0. The Kier molecular flexibility index (Phi) is 13.7. The van der Waals surface area contributed by atoms with Gasteiger partial charge in [0.2, 0.25) is 0 Å². The van der Waals surface area contributed by atoms with Crippen LogP contribution in [0.2, 0.25) is 0 Å². The van der Waals surface area contributed by atoms with E-state index in [-0.39, 0.29) is 5.97 Å². The molecular weight excluding hydrogens is 339 g/mol. The van der Waals surface area contributed by atoms with Crippen molar-refractivity contribution in [2.24, 2.45) is 0 Å². The molecule has 17 heavy (non-hydrogen) atoms. The molecule has 100 valence electrons. The summed E-state index contributed by atoms with van der Waals surface area (Å²) in [7, 11) is 0. The van der Waals surface area contributed by atoms with E-state index in [1.165, 1.54) is 0 Å². The predicted octanol–water partition coefficient (Wildman–Crippen LogP) is 1.20. The van der Waals surface area contributed by atoms with Crippen molar-refractivity contribution in [1.82, 2.24) is 0 Å². The summed E-state index contributed by atoms with van der Waals surface area (Å²) in [5, 5.41) is 0. The van der Waals surface area contributed by atoms with Gasteiger partial charge in [0.05, 0.1) is 44.1 Å². The summed E-state index contributed by atoms with van der Waals surface area (Å²) in [6.07, 6.45) is 1.69. The number of carbonyl (C=O) groups excluding carboxylic acids is 1. The van der Waals surface area contributed by atoms with E-state index < -0.39 is 0 Å². The predicted molar refractivity (Wildman–Crippen MR) is 72.5 cm³/mol. The molecule has 0 aromatic heterocycles. The van der Waals surface area contributed by atoms with Gasteiger partial charge in [-0.1, -0.05) is 28.7 Å². The third kappa shape index (κ3) is 13.8. The molecule has 0 heterocycles. The van der Waals surface area contributed by atoms with Crippen molar-refractivity contribution in [3.8, 4) is 0 Å². The summed E-state index contributed by atoms with van der Waals surface area (Å²) < 4.78 is 20.7. The molecule has 0 bridgehead atoms. The number of halogens is 1. The Balaban J connectivity index is 2.98. The molecule has 0 spiro atoms. The summed E-state index contributed by atoms with van der Waals surface area (Å²) in [6, 6.07) is 0. The first-order valence-corrected chi connectivity index (χ1v) is 6.89. The van der Waals surface area contributed by atoms with Crippen molar-refractivity contribution in [2.45, 2.75) is 0 Å². The largest absolute Gasteiger partial charge is 0.463 e. The fourth-order valence-electron chi connectivity index (χ4n) is 0.859. The van der Waals surface area contributed by atoms with Gasteiger partial charge in [0.1, 0.15) is 6.61 Å². The normalized spacial score (nSPS) is 10.2. The standard InChI is InChI=1S/C11H19IO5/c1-2-3-14-4-5-15-6-7-16-8-9-17-11(13)10-12/h2H,1,3-10H2. The Morgan fingerprint density at radius 3 is 2.06 bits per heavy atom. The van der Waals surface area contributed by atoms with Crippen LogP contribution in [0.5, 0.6) is 0 Å². The lowest BCUT2D eigenvalue weighted by Crippen LogP contribution is -2.14. The van der Waals surface area contributed by atoms with E-state index in [0.29, 0.717) is 50.7 Å². The maximum absolute atomic E-state index is 10.7. The zero-order valence-electron chi connectivity index (χ0n) is 9.86. The molecule has 0 aliphatic heterocycles. The second kappa shape index (κ2) is 13.9. The Labute approximate surface area is 116 Å². The summed E-state index contributed by atoms with van der Waals surface area (Å²) in [4.78, 5) is 10.7. The number of hydrogen-bond acceptors (Lipinski definition) is 5. The molecule has 0 aromatic rings. The van der Waals surface area contributed by atoms with Gasteiger partial charge in [-0.15, -0.1) is 6.58 Å². The van der Waals surface area contributed by atoms with Crippen LogP contribution < -0.4 is 0 Å². The molecular formula is C11H19IO5. The smallest absolute Gasteiger partial charge is 0.315 e.